The van der Waals surface area contributed by atoms with Crippen LogP contribution in [-0.2, 0) is 21.4 Å². The van der Waals surface area contributed by atoms with E-state index in [-0.39, 0.29) is 42.4 Å². The van der Waals surface area contributed by atoms with Crippen molar-refractivity contribution >= 4 is 65.8 Å². The Kier molecular flexibility index (Phi) is 11.4. The number of anilines is 4. The molecule has 20 heteroatoms. The molecule has 1 aliphatic heterocycles. The smallest absolute Gasteiger partial charge is 0.495 e. The van der Waals surface area contributed by atoms with Crippen LogP contribution in [0.2, 0.25) is 0 Å². The lowest BCUT2D eigenvalue weighted by Crippen LogP contribution is -2.50. The fraction of sp³-hybridized carbons (Fsp3) is 0.296. The number of benzene rings is 1. The van der Waals surface area contributed by atoms with Crippen LogP contribution in [0.4, 0.5) is 36.3 Å². The van der Waals surface area contributed by atoms with E-state index in [9.17, 15) is 32.6 Å². The molecule has 14 nitrogen and oxygen atoms in total. The first kappa shape index (κ1) is 36.0. The second-order valence-electron chi connectivity index (χ2n) is 10.3. The monoisotopic (exact) mass is 741 g/mol. The highest BCUT2D eigenvalue weighted by atomic mass is 79.9. The number of rotatable bonds is 14. The standard InChI is InChI=1S/C27H30BBrF3N8O6P/c1-33-25(41)23-20(8-9-22(29)38-23)36-24-18(27(30,31)32)15-34-26(39-24)37-19-7-6-17(14-21(19)45-2)16-47(3,44)46-13-5-12-40(28(42)43)11-4-10-35-40/h4,6-11,14-15,42-43H,5,12-13,16H2,1-3H3,(H2-,33,34,36,37,39,41)/p+1. The summed E-state index contributed by atoms with van der Waals surface area (Å²) in [6.07, 6.45) is 0.766. The summed E-state index contributed by atoms with van der Waals surface area (Å²) in [5.41, 5.74) is -0.460. The summed E-state index contributed by atoms with van der Waals surface area (Å²) in [7, 11) is -2.14. The van der Waals surface area contributed by atoms with Crippen molar-refractivity contribution in [1.82, 2.24) is 20.3 Å². The van der Waals surface area contributed by atoms with Gasteiger partial charge in [0.2, 0.25) is 13.3 Å². The van der Waals surface area contributed by atoms with Crippen molar-refractivity contribution in [3.05, 3.63) is 70.2 Å². The number of hydrogen-bond donors (Lipinski definition) is 5. The quantitative estimate of drug-likeness (QED) is 0.0674. The van der Waals surface area contributed by atoms with Crippen molar-refractivity contribution in [2.24, 2.45) is 5.10 Å². The first-order valence-corrected chi connectivity index (χ1v) is 16.9. The molecule has 0 bridgehead atoms. The molecule has 0 saturated carbocycles. The van der Waals surface area contributed by atoms with Gasteiger partial charge in [0, 0.05) is 38.6 Å². The molecule has 1 amide bonds. The van der Waals surface area contributed by atoms with E-state index in [4.69, 9.17) is 9.26 Å². The number of methoxy groups -OCH3 is 1. The Labute approximate surface area is 276 Å². The van der Waals surface area contributed by atoms with Gasteiger partial charge in [0.1, 0.15) is 27.9 Å². The number of aromatic nitrogens is 3. The minimum absolute atomic E-state index is 0.0238. The summed E-state index contributed by atoms with van der Waals surface area (Å²) in [6, 6.07) is 7.64. The minimum atomic E-state index is -4.82. The van der Waals surface area contributed by atoms with Crippen LogP contribution in [0.1, 0.15) is 28.0 Å². The summed E-state index contributed by atoms with van der Waals surface area (Å²) in [5, 5.41) is 31.2. The zero-order valence-corrected chi connectivity index (χ0v) is 27.8. The number of carbonyl (C=O) groups is 1. The van der Waals surface area contributed by atoms with E-state index in [2.05, 4.69) is 51.9 Å². The third kappa shape index (κ3) is 9.15. The Hall–Kier alpha value is -3.87. The molecule has 0 fully saturated rings. The van der Waals surface area contributed by atoms with Crippen LogP contribution in [0.5, 0.6) is 5.75 Å². The van der Waals surface area contributed by atoms with E-state index in [0.717, 1.165) is 0 Å². The van der Waals surface area contributed by atoms with Crippen molar-refractivity contribution in [1.29, 1.82) is 0 Å². The lowest BCUT2D eigenvalue weighted by atomic mass is 10.0. The van der Waals surface area contributed by atoms with Crippen LogP contribution in [0.15, 0.2) is 58.5 Å². The highest BCUT2D eigenvalue weighted by molar-refractivity contribution is 9.10. The SMILES string of the molecule is CNC(=O)c1nc(Br)ccc1Nc1nc(Nc2ccc(CP(C)(=O)OCCC[N+]3(B(O)O)C=CC=N3)cc2OC)ncc1C(F)(F)F. The van der Waals surface area contributed by atoms with E-state index in [1.165, 1.54) is 45.4 Å². The summed E-state index contributed by atoms with van der Waals surface area (Å²) >= 11 is 3.15. The molecule has 2 atom stereocenters. The summed E-state index contributed by atoms with van der Waals surface area (Å²) in [5.74, 6) is -1.21. The number of hydrogen-bond acceptors (Lipinski definition) is 12. The number of carbonyl (C=O) groups excluding carboxylic acids is 1. The number of allylic oxidation sites excluding steroid dienone is 1. The van der Waals surface area contributed by atoms with Crippen LogP contribution < -0.4 is 20.7 Å². The largest absolute Gasteiger partial charge is 0.786 e. The minimum Gasteiger partial charge on any atom is -0.495 e. The third-order valence-corrected chi connectivity index (χ3v) is 8.88. The number of quaternary nitrogens is 1. The molecule has 0 spiro atoms. The van der Waals surface area contributed by atoms with Gasteiger partial charge >= 0.3 is 13.4 Å². The van der Waals surface area contributed by atoms with E-state index < -0.39 is 42.6 Å². The topological polar surface area (TPSA) is 180 Å². The van der Waals surface area contributed by atoms with Crippen molar-refractivity contribution in [3.8, 4) is 5.75 Å². The second-order valence-corrected chi connectivity index (χ2v) is 13.7. The van der Waals surface area contributed by atoms with Gasteiger partial charge in [-0.2, -0.15) is 22.7 Å². The molecular formula is C27H31BBrF3N8O6P+. The zero-order valence-electron chi connectivity index (χ0n) is 25.3. The van der Waals surface area contributed by atoms with E-state index in [1.807, 2.05) is 0 Å². The van der Waals surface area contributed by atoms with Gasteiger partial charge in [-0.1, -0.05) is 6.07 Å². The maximum atomic E-state index is 13.9. The van der Waals surface area contributed by atoms with Gasteiger partial charge < -0.3 is 35.3 Å². The Morgan fingerprint density at radius 3 is 2.53 bits per heavy atom. The Morgan fingerprint density at radius 1 is 1.15 bits per heavy atom. The fourth-order valence-corrected chi connectivity index (χ4v) is 6.26. The number of ether oxygens (including phenoxy) is 1. The average Bonchev–Trinajstić information content (AvgIpc) is 3.50. The van der Waals surface area contributed by atoms with Gasteiger partial charge in [-0.3, -0.25) is 9.36 Å². The number of halogens is 4. The molecule has 0 aliphatic carbocycles. The van der Waals surface area contributed by atoms with Crippen LogP contribution in [0.3, 0.4) is 0 Å². The predicted octanol–water partition coefficient (Wildman–Crippen LogP) is 4.62. The van der Waals surface area contributed by atoms with Crippen molar-refractivity contribution in [2.75, 3.05) is 44.6 Å². The van der Waals surface area contributed by atoms with Crippen molar-refractivity contribution in [2.45, 2.75) is 18.8 Å². The second kappa shape index (κ2) is 14.9. The molecule has 3 heterocycles. The molecule has 250 valence electrons. The van der Waals surface area contributed by atoms with Crippen LogP contribution in [-0.4, -0.2) is 82.9 Å². The van der Waals surface area contributed by atoms with E-state index in [0.29, 0.717) is 28.5 Å². The van der Waals surface area contributed by atoms with Crippen LogP contribution in [0, 0.1) is 0 Å². The third-order valence-electron chi connectivity index (χ3n) is 6.77. The normalized spacial score (nSPS) is 16.9. The molecule has 0 saturated heterocycles. The number of amides is 1. The molecule has 0 radical (unpaired) electrons. The van der Waals surface area contributed by atoms with Crippen LogP contribution >= 0.6 is 23.3 Å². The molecule has 47 heavy (non-hydrogen) atoms. The summed E-state index contributed by atoms with van der Waals surface area (Å²) < 4.78 is 65.9. The molecule has 3 aromatic rings. The van der Waals surface area contributed by atoms with Gasteiger partial charge in [-0.25, -0.2) is 9.97 Å². The number of pyridine rings is 1. The zero-order chi connectivity index (χ0) is 34.4. The average molecular weight is 742 g/mol. The summed E-state index contributed by atoms with van der Waals surface area (Å²) in [4.78, 5) is 24.2. The van der Waals surface area contributed by atoms with Gasteiger partial charge in [-0.05, 0) is 45.8 Å². The van der Waals surface area contributed by atoms with Gasteiger partial charge in [0.05, 0.1) is 37.9 Å². The lowest BCUT2D eigenvalue weighted by Gasteiger charge is -2.24. The fourth-order valence-electron chi connectivity index (χ4n) is 4.48. The molecular weight excluding hydrogens is 711 g/mol. The first-order chi connectivity index (χ1) is 22.2. The highest BCUT2D eigenvalue weighted by Gasteiger charge is 2.44. The number of nitrogens with zero attached hydrogens (tertiary/aromatic N) is 5. The molecule has 1 aromatic carbocycles. The van der Waals surface area contributed by atoms with Crippen molar-refractivity contribution < 1.29 is 46.3 Å². The van der Waals surface area contributed by atoms with E-state index in [1.54, 1.807) is 24.3 Å². The first-order valence-electron chi connectivity index (χ1n) is 13.9. The molecule has 2 aromatic heterocycles. The van der Waals surface area contributed by atoms with E-state index >= 15 is 0 Å². The van der Waals surface area contributed by atoms with Gasteiger partial charge in [0.15, 0.2) is 5.69 Å². The maximum Gasteiger partial charge on any atom is 0.786 e. The molecule has 4 rings (SSSR count). The highest BCUT2D eigenvalue weighted by Crippen LogP contribution is 2.47. The molecule has 1 aliphatic rings. The van der Waals surface area contributed by atoms with Gasteiger partial charge in [-0.15, -0.1) is 5.10 Å². The predicted molar refractivity (Wildman–Crippen MR) is 173 cm³/mol. The number of nitrogens with one attached hydrogen (secondary N) is 3. The number of alkyl halides is 3. The molecule has 5 N–H and O–H groups in total. The summed E-state index contributed by atoms with van der Waals surface area (Å²) in [6.45, 7) is 1.78. The molecule has 2 unspecified atom stereocenters. The van der Waals surface area contributed by atoms with Crippen molar-refractivity contribution in [3.63, 3.8) is 0 Å². The van der Waals surface area contributed by atoms with Gasteiger partial charge in [0.25, 0.3) is 5.91 Å². The van der Waals surface area contributed by atoms with Crippen LogP contribution in [0.25, 0.3) is 0 Å². The lowest BCUT2D eigenvalue weighted by molar-refractivity contribution is -0.794. The Morgan fingerprint density at radius 2 is 1.89 bits per heavy atom. The Bertz CT molecular complexity index is 1720. The Balaban J connectivity index is 1.49. The maximum absolute atomic E-state index is 13.9.